The minimum atomic E-state index is -0.210. The lowest BCUT2D eigenvalue weighted by Crippen LogP contribution is -2.19. The molecule has 7 heteroatoms. The number of methoxy groups -OCH3 is 1. The lowest BCUT2D eigenvalue weighted by molar-refractivity contribution is -0.120. The molecule has 0 fully saturated rings. The van der Waals surface area contributed by atoms with E-state index in [1.54, 1.807) is 25.5 Å². The van der Waals surface area contributed by atoms with Gasteiger partial charge in [0, 0.05) is 5.02 Å². The predicted molar refractivity (Wildman–Crippen MR) is 127 cm³/mol. The summed E-state index contributed by atoms with van der Waals surface area (Å²) in [6.45, 7) is 0.446. The summed E-state index contributed by atoms with van der Waals surface area (Å²) in [5, 5.41) is 4.68. The molecule has 0 aliphatic heterocycles. The first-order valence-corrected chi connectivity index (χ1v) is 10.6. The summed E-state index contributed by atoms with van der Waals surface area (Å²) in [5.41, 5.74) is 5.26. The molecule has 0 bridgehead atoms. The molecule has 0 unspecified atom stereocenters. The maximum absolute atomic E-state index is 12.0. The smallest absolute Gasteiger partial charge is 0.244 e. The number of amides is 1. The van der Waals surface area contributed by atoms with Gasteiger partial charge in [-0.1, -0.05) is 54.1 Å². The molecular formula is C23H20ClIN2O3. The molecule has 0 aliphatic rings. The van der Waals surface area contributed by atoms with Gasteiger partial charge in [-0.05, 0) is 63.5 Å². The van der Waals surface area contributed by atoms with Gasteiger partial charge in [0.05, 0.1) is 23.3 Å². The molecule has 0 aromatic heterocycles. The van der Waals surface area contributed by atoms with Gasteiger partial charge in [0.2, 0.25) is 5.91 Å². The minimum absolute atomic E-state index is 0.210. The fraction of sp³-hybridized carbons (Fsp3) is 0.130. The SMILES string of the molecule is COc1cc(/C=N\NC(=O)Cc2ccc(Cl)cc2)cc(I)c1OCc1ccccc1. The van der Waals surface area contributed by atoms with Crippen molar-refractivity contribution in [1.82, 2.24) is 5.43 Å². The Morgan fingerprint density at radius 3 is 2.53 bits per heavy atom. The van der Waals surface area contributed by atoms with Crippen molar-refractivity contribution in [3.05, 3.63) is 92.0 Å². The Bertz CT molecular complexity index is 1020. The Morgan fingerprint density at radius 1 is 1.10 bits per heavy atom. The largest absolute Gasteiger partial charge is 0.493 e. The van der Waals surface area contributed by atoms with Gasteiger partial charge in [-0.25, -0.2) is 5.43 Å². The Balaban J connectivity index is 1.62. The Labute approximate surface area is 194 Å². The third-order valence-electron chi connectivity index (χ3n) is 4.16. The van der Waals surface area contributed by atoms with Crippen molar-refractivity contribution in [3.8, 4) is 11.5 Å². The zero-order valence-corrected chi connectivity index (χ0v) is 19.2. The third-order valence-corrected chi connectivity index (χ3v) is 5.21. The van der Waals surface area contributed by atoms with Crippen molar-refractivity contribution in [3.63, 3.8) is 0 Å². The Kier molecular flexibility index (Phi) is 8.10. The van der Waals surface area contributed by atoms with Crippen molar-refractivity contribution in [2.45, 2.75) is 13.0 Å². The van der Waals surface area contributed by atoms with Crippen LogP contribution in [0.1, 0.15) is 16.7 Å². The van der Waals surface area contributed by atoms with Crippen LogP contribution in [-0.4, -0.2) is 19.2 Å². The van der Waals surface area contributed by atoms with Crippen LogP contribution in [0.15, 0.2) is 71.8 Å². The number of hydrazone groups is 1. The van der Waals surface area contributed by atoms with Crippen LogP contribution in [0.2, 0.25) is 5.02 Å². The summed E-state index contributed by atoms with van der Waals surface area (Å²) in [4.78, 5) is 12.0. The van der Waals surface area contributed by atoms with Gasteiger partial charge in [0.1, 0.15) is 6.61 Å². The number of benzene rings is 3. The van der Waals surface area contributed by atoms with Gasteiger partial charge in [0.15, 0.2) is 11.5 Å². The van der Waals surface area contributed by atoms with Gasteiger partial charge >= 0.3 is 0 Å². The second-order valence-electron chi connectivity index (χ2n) is 6.40. The first kappa shape index (κ1) is 22.1. The molecule has 3 rings (SSSR count). The summed E-state index contributed by atoms with van der Waals surface area (Å²) in [7, 11) is 1.59. The van der Waals surface area contributed by atoms with E-state index in [0.29, 0.717) is 23.1 Å². The normalized spacial score (nSPS) is 10.8. The molecule has 154 valence electrons. The maximum atomic E-state index is 12.0. The molecule has 0 aliphatic carbocycles. The number of carbonyl (C=O) groups excluding carboxylic acids is 1. The van der Waals surface area contributed by atoms with E-state index in [0.717, 1.165) is 20.3 Å². The van der Waals surface area contributed by atoms with Crippen molar-refractivity contribution in [2.24, 2.45) is 5.10 Å². The van der Waals surface area contributed by atoms with Crippen molar-refractivity contribution in [1.29, 1.82) is 0 Å². The molecule has 1 N–H and O–H groups in total. The molecule has 0 heterocycles. The molecule has 1 amide bonds. The summed E-state index contributed by atoms with van der Waals surface area (Å²) in [5.74, 6) is 1.07. The average Bonchev–Trinajstić information content (AvgIpc) is 2.75. The van der Waals surface area contributed by atoms with E-state index in [1.807, 2.05) is 54.6 Å². The van der Waals surface area contributed by atoms with E-state index in [2.05, 4.69) is 33.1 Å². The van der Waals surface area contributed by atoms with E-state index in [-0.39, 0.29) is 12.3 Å². The predicted octanol–water partition coefficient (Wildman–Crippen LogP) is 5.23. The lowest BCUT2D eigenvalue weighted by Gasteiger charge is -2.13. The average molecular weight is 535 g/mol. The summed E-state index contributed by atoms with van der Waals surface area (Å²) < 4.78 is 12.3. The van der Waals surface area contributed by atoms with E-state index in [9.17, 15) is 4.79 Å². The quantitative estimate of drug-likeness (QED) is 0.245. The topological polar surface area (TPSA) is 59.9 Å². The van der Waals surface area contributed by atoms with E-state index in [1.165, 1.54) is 0 Å². The van der Waals surface area contributed by atoms with Gasteiger partial charge in [-0.3, -0.25) is 4.79 Å². The van der Waals surface area contributed by atoms with Crippen LogP contribution in [0.25, 0.3) is 0 Å². The molecule has 0 atom stereocenters. The van der Waals surface area contributed by atoms with Crippen molar-refractivity contribution >= 4 is 46.3 Å². The number of hydrogen-bond donors (Lipinski definition) is 1. The zero-order valence-electron chi connectivity index (χ0n) is 16.3. The molecule has 0 saturated carbocycles. The molecular weight excluding hydrogens is 515 g/mol. The second kappa shape index (κ2) is 11.0. The summed E-state index contributed by atoms with van der Waals surface area (Å²) in [6, 6.07) is 20.8. The highest BCUT2D eigenvalue weighted by Crippen LogP contribution is 2.34. The van der Waals surface area contributed by atoms with Crippen LogP contribution in [-0.2, 0) is 17.8 Å². The summed E-state index contributed by atoms with van der Waals surface area (Å²) in [6.07, 6.45) is 1.80. The number of nitrogens with zero attached hydrogens (tertiary/aromatic N) is 1. The highest BCUT2D eigenvalue weighted by atomic mass is 127. The molecule has 0 radical (unpaired) electrons. The van der Waals surface area contributed by atoms with Crippen LogP contribution in [0.4, 0.5) is 0 Å². The molecule has 0 spiro atoms. The number of halogens is 2. The first-order valence-electron chi connectivity index (χ1n) is 9.16. The standard InChI is InChI=1S/C23H20ClIN2O3/c1-29-21-12-18(11-20(25)23(21)30-15-17-5-3-2-4-6-17)14-26-27-22(28)13-16-7-9-19(24)10-8-16/h2-12,14H,13,15H2,1H3,(H,27,28)/b26-14-. The number of hydrogen-bond acceptors (Lipinski definition) is 4. The fourth-order valence-corrected chi connectivity index (χ4v) is 3.60. The molecule has 5 nitrogen and oxygen atoms in total. The minimum Gasteiger partial charge on any atom is -0.493 e. The van der Waals surface area contributed by atoms with Gasteiger partial charge in [-0.15, -0.1) is 0 Å². The fourth-order valence-electron chi connectivity index (χ4n) is 2.69. The van der Waals surface area contributed by atoms with E-state index in [4.69, 9.17) is 21.1 Å². The number of nitrogens with one attached hydrogen (secondary N) is 1. The van der Waals surface area contributed by atoms with E-state index >= 15 is 0 Å². The second-order valence-corrected chi connectivity index (χ2v) is 8.00. The maximum Gasteiger partial charge on any atom is 0.244 e. The first-order chi connectivity index (χ1) is 14.5. The molecule has 3 aromatic carbocycles. The highest BCUT2D eigenvalue weighted by Gasteiger charge is 2.11. The Hall–Kier alpha value is -2.58. The Morgan fingerprint density at radius 2 is 1.83 bits per heavy atom. The van der Waals surface area contributed by atoms with Crippen LogP contribution in [0.3, 0.4) is 0 Å². The van der Waals surface area contributed by atoms with Crippen molar-refractivity contribution < 1.29 is 14.3 Å². The summed E-state index contributed by atoms with van der Waals surface area (Å²) >= 11 is 8.05. The highest BCUT2D eigenvalue weighted by molar-refractivity contribution is 14.1. The van der Waals surface area contributed by atoms with Gasteiger partial charge < -0.3 is 9.47 Å². The number of ether oxygens (including phenoxy) is 2. The monoisotopic (exact) mass is 534 g/mol. The van der Waals surface area contributed by atoms with Gasteiger partial charge in [-0.2, -0.15) is 5.10 Å². The van der Waals surface area contributed by atoms with Gasteiger partial charge in [0.25, 0.3) is 0 Å². The van der Waals surface area contributed by atoms with Crippen LogP contribution in [0, 0.1) is 3.57 Å². The lowest BCUT2D eigenvalue weighted by atomic mass is 10.1. The molecule has 30 heavy (non-hydrogen) atoms. The molecule has 0 saturated heterocycles. The van der Waals surface area contributed by atoms with Crippen LogP contribution < -0.4 is 14.9 Å². The third kappa shape index (κ3) is 6.47. The van der Waals surface area contributed by atoms with Crippen LogP contribution >= 0.6 is 34.2 Å². The zero-order chi connectivity index (χ0) is 21.3. The number of rotatable bonds is 8. The number of carbonyl (C=O) groups is 1. The van der Waals surface area contributed by atoms with Crippen LogP contribution in [0.5, 0.6) is 11.5 Å². The van der Waals surface area contributed by atoms with E-state index < -0.39 is 0 Å². The van der Waals surface area contributed by atoms with Crippen molar-refractivity contribution in [2.75, 3.05) is 7.11 Å². The molecule has 3 aromatic rings.